The molecule has 0 aromatic carbocycles. The minimum absolute atomic E-state index is 0.0179. The van der Waals surface area contributed by atoms with Crippen molar-refractivity contribution in [2.45, 2.75) is 44.6 Å². The first-order valence-electron chi connectivity index (χ1n) is 8.51. The van der Waals surface area contributed by atoms with E-state index >= 15 is 0 Å². The molecule has 23 heavy (non-hydrogen) atoms. The Labute approximate surface area is 135 Å². The van der Waals surface area contributed by atoms with Gasteiger partial charge in [-0.1, -0.05) is 0 Å². The molecule has 1 spiro atoms. The molecule has 0 saturated carbocycles. The Morgan fingerprint density at radius 2 is 2.09 bits per heavy atom. The van der Waals surface area contributed by atoms with Crippen molar-refractivity contribution >= 4 is 22.8 Å². The third-order valence-corrected chi connectivity index (χ3v) is 5.41. The summed E-state index contributed by atoms with van der Waals surface area (Å²) in [5.74, 6) is 1.20. The number of aromatic nitrogens is 3. The number of carbonyl (C=O) groups excluding carboxylic acids is 1. The zero-order valence-electron chi connectivity index (χ0n) is 13.6. The predicted octanol–water partition coefficient (Wildman–Crippen LogP) is 2.33. The first kappa shape index (κ1) is 14.5. The summed E-state index contributed by atoms with van der Waals surface area (Å²) in [5.41, 5.74) is 0.859. The molecule has 2 aliphatic heterocycles. The molecule has 2 fully saturated rings. The number of rotatable bonds is 1. The van der Waals surface area contributed by atoms with E-state index < -0.39 is 0 Å². The standard InChI is InChI=1S/C17H23N5O/c1-13(23)22-10-3-2-6-17(22)7-4-9-21(11-17)16-14-5-8-18-15(14)19-12-20-16/h5,8,12H,2-4,6-7,9-11H2,1H3,(H,18,19,20). The molecule has 1 unspecified atom stereocenters. The molecule has 2 aromatic rings. The van der Waals surface area contributed by atoms with E-state index in [0.29, 0.717) is 0 Å². The van der Waals surface area contributed by atoms with Crippen LogP contribution < -0.4 is 4.90 Å². The molecular formula is C17H23N5O. The zero-order valence-corrected chi connectivity index (χ0v) is 13.6. The van der Waals surface area contributed by atoms with Crippen LogP contribution in [0.25, 0.3) is 11.0 Å². The minimum Gasteiger partial charge on any atom is -0.354 e. The van der Waals surface area contributed by atoms with Crippen molar-refractivity contribution < 1.29 is 4.79 Å². The average Bonchev–Trinajstić information content (AvgIpc) is 3.03. The summed E-state index contributed by atoms with van der Waals surface area (Å²) in [4.78, 5) is 28.6. The maximum atomic E-state index is 12.2. The topological polar surface area (TPSA) is 65.1 Å². The summed E-state index contributed by atoms with van der Waals surface area (Å²) in [6.45, 7) is 4.47. The average molecular weight is 313 g/mol. The van der Waals surface area contributed by atoms with Crippen molar-refractivity contribution in [1.82, 2.24) is 19.9 Å². The van der Waals surface area contributed by atoms with E-state index in [1.54, 1.807) is 13.3 Å². The largest absolute Gasteiger partial charge is 0.354 e. The molecule has 2 saturated heterocycles. The summed E-state index contributed by atoms with van der Waals surface area (Å²) in [5, 5.41) is 1.06. The van der Waals surface area contributed by atoms with Crippen LogP contribution in [0.2, 0.25) is 0 Å². The molecule has 1 amide bonds. The van der Waals surface area contributed by atoms with Gasteiger partial charge in [-0.05, 0) is 38.2 Å². The van der Waals surface area contributed by atoms with Gasteiger partial charge in [-0.2, -0.15) is 0 Å². The van der Waals surface area contributed by atoms with Gasteiger partial charge in [0.1, 0.15) is 17.8 Å². The minimum atomic E-state index is -0.0179. The van der Waals surface area contributed by atoms with E-state index in [2.05, 4.69) is 24.8 Å². The number of nitrogens with zero attached hydrogens (tertiary/aromatic N) is 4. The highest BCUT2D eigenvalue weighted by atomic mass is 16.2. The van der Waals surface area contributed by atoms with Gasteiger partial charge in [-0.15, -0.1) is 0 Å². The van der Waals surface area contributed by atoms with Gasteiger partial charge >= 0.3 is 0 Å². The van der Waals surface area contributed by atoms with Crippen LogP contribution in [0.3, 0.4) is 0 Å². The number of nitrogens with one attached hydrogen (secondary N) is 1. The fourth-order valence-corrected chi connectivity index (χ4v) is 4.42. The number of fused-ring (bicyclic) bond motifs is 1. The lowest BCUT2D eigenvalue weighted by Gasteiger charge is -2.52. The number of carbonyl (C=O) groups is 1. The van der Waals surface area contributed by atoms with Crippen LogP contribution >= 0.6 is 0 Å². The first-order chi connectivity index (χ1) is 11.2. The summed E-state index contributed by atoms with van der Waals surface area (Å²) in [7, 11) is 0. The molecule has 122 valence electrons. The second kappa shape index (κ2) is 5.51. The van der Waals surface area contributed by atoms with E-state index in [-0.39, 0.29) is 11.4 Å². The number of aromatic amines is 1. The van der Waals surface area contributed by atoms with Gasteiger partial charge in [0.15, 0.2) is 0 Å². The number of likely N-dealkylation sites (tertiary alicyclic amines) is 1. The Hall–Kier alpha value is -2.11. The number of hydrogen-bond donors (Lipinski definition) is 1. The molecule has 6 nitrogen and oxygen atoms in total. The smallest absolute Gasteiger partial charge is 0.219 e. The van der Waals surface area contributed by atoms with Gasteiger partial charge in [-0.25, -0.2) is 9.97 Å². The number of hydrogen-bond acceptors (Lipinski definition) is 4. The molecule has 0 aliphatic carbocycles. The number of anilines is 1. The van der Waals surface area contributed by atoms with Crippen molar-refractivity contribution in [1.29, 1.82) is 0 Å². The highest BCUT2D eigenvalue weighted by Crippen LogP contribution is 2.38. The lowest BCUT2D eigenvalue weighted by molar-refractivity contribution is -0.138. The Morgan fingerprint density at radius 3 is 2.96 bits per heavy atom. The second-order valence-corrected chi connectivity index (χ2v) is 6.81. The van der Waals surface area contributed by atoms with E-state index in [0.717, 1.165) is 62.2 Å². The maximum Gasteiger partial charge on any atom is 0.219 e. The lowest BCUT2D eigenvalue weighted by atomic mass is 9.79. The molecule has 2 aliphatic rings. The SMILES string of the molecule is CC(=O)N1CCCCC12CCCN(c1ncnc3[nH]ccc13)C2. The lowest BCUT2D eigenvalue weighted by Crippen LogP contribution is -2.62. The fourth-order valence-electron chi connectivity index (χ4n) is 4.42. The normalized spacial score (nSPS) is 25.3. The molecule has 1 atom stereocenters. The third-order valence-electron chi connectivity index (χ3n) is 5.41. The van der Waals surface area contributed by atoms with Gasteiger partial charge in [0, 0.05) is 32.8 Å². The van der Waals surface area contributed by atoms with Crippen molar-refractivity contribution in [3.8, 4) is 0 Å². The monoisotopic (exact) mass is 313 g/mol. The van der Waals surface area contributed by atoms with Crippen LogP contribution in [-0.2, 0) is 4.79 Å². The molecule has 4 heterocycles. The summed E-state index contributed by atoms with van der Waals surface area (Å²) < 4.78 is 0. The van der Waals surface area contributed by atoms with Crippen LogP contribution in [0.4, 0.5) is 5.82 Å². The maximum absolute atomic E-state index is 12.2. The Balaban J connectivity index is 1.69. The molecule has 6 heteroatoms. The van der Waals surface area contributed by atoms with Gasteiger partial charge in [-0.3, -0.25) is 4.79 Å². The predicted molar refractivity (Wildman–Crippen MR) is 89.3 cm³/mol. The van der Waals surface area contributed by atoms with Gasteiger partial charge in [0.25, 0.3) is 0 Å². The van der Waals surface area contributed by atoms with E-state index in [9.17, 15) is 4.79 Å². The Bertz CT molecular complexity index is 723. The highest BCUT2D eigenvalue weighted by molar-refractivity contribution is 5.87. The van der Waals surface area contributed by atoms with Gasteiger partial charge in [0.05, 0.1) is 10.9 Å². The van der Waals surface area contributed by atoms with Crippen LogP contribution in [-0.4, -0.2) is 50.9 Å². The summed E-state index contributed by atoms with van der Waals surface area (Å²) >= 11 is 0. The van der Waals surface area contributed by atoms with Crippen molar-refractivity contribution in [3.63, 3.8) is 0 Å². The number of piperidine rings is 2. The van der Waals surface area contributed by atoms with Crippen molar-refractivity contribution in [2.24, 2.45) is 0 Å². The third kappa shape index (κ3) is 2.36. The van der Waals surface area contributed by atoms with Crippen molar-refractivity contribution in [2.75, 3.05) is 24.5 Å². The molecule has 4 rings (SSSR count). The molecule has 2 aromatic heterocycles. The van der Waals surface area contributed by atoms with E-state index in [1.807, 2.05) is 12.3 Å². The summed E-state index contributed by atoms with van der Waals surface area (Å²) in [6.07, 6.45) is 9.16. The summed E-state index contributed by atoms with van der Waals surface area (Å²) in [6, 6.07) is 2.04. The van der Waals surface area contributed by atoms with Crippen LogP contribution in [0, 0.1) is 0 Å². The first-order valence-corrected chi connectivity index (χ1v) is 8.51. The highest BCUT2D eigenvalue weighted by Gasteiger charge is 2.43. The quantitative estimate of drug-likeness (QED) is 0.877. The van der Waals surface area contributed by atoms with Crippen LogP contribution in [0.15, 0.2) is 18.6 Å². The molecule has 0 radical (unpaired) electrons. The van der Waals surface area contributed by atoms with Crippen molar-refractivity contribution in [3.05, 3.63) is 18.6 Å². The van der Waals surface area contributed by atoms with E-state index in [4.69, 9.17) is 0 Å². The number of H-pyrrole nitrogens is 1. The van der Waals surface area contributed by atoms with Gasteiger partial charge in [0.2, 0.25) is 5.91 Å². The van der Waals surface area contributed by atoms with E-state index in [1.165, 1.54) is 6.42 Å². The second-order valence-electron chi connectivity index (χ2n) is 6.81. The zero-order chi connectivity index (χ0) is 15.9. The Kier molecular flexibility index (Phi) is 3.47. The van der Waals surface area contributed by atoms with Gasteiger partial charge < -0.3 is 14.8 Å². The van der Waals surface area contributed by atoms with Crippen LogP contribution in [0.1, 0.15) is 39.0 Å². The van der Waals surface area contributed by atoms with Crippen LogP contribution in [0.5, 0.6) is 0 Å². The molecular weight excluding hydrogens is 290 g/mol. The number of amides is 1. The fraction of sp³-hybridized carbons (Fsp3) is 0.588. The molecule has 1 N–H and O–H groups in total. The molecule has 0 bridgehead atoms. The Morgan fingerprint density at radius 1 is 1.22 bits per heavy atom.